The number of benzene rings is 2. The Hall–Kier alpha value is -2.27. The van der Waals surface area contributed by atoms with Crippen LogP contribution in [0.4, 0.5) is 4.39 Å². The highest BCUT2D eigenvalue weighted by atomic mass is 19.1. The summed E-state index contributed by atoms with van der Waals surface area (Å²) in [5, 5.41) is 3.37. The van der Waals surface area contributed by atoms with Gasteiger partial charge in [0.15, 0.2) is 11.5 Å². The van der Waals surface area contributed by atoms with Gasteiger partial charge in [0.1, 0.15) is 18.2 Å². The fourth-order valence-corrected chi connectivity index (χ4v) is 3.24. The minimum atomic E-state index is -0.269. The predicted molar refractivity (Wildman–Crippen MR) is 104 cm³/mol. The molecule has 0 fully saturated rings. The molecule has 0 aromatic heterocycles. The average Bonchev–Trinajstić information content (AvgIpc) is 2.68. The van der Waals surface area contributed by atoms with Crippen LogP contribution in [0, 0.1) is 5.82 Å². The number of halogens is 1. The Morgan fingerprint density at radius 1 is 1.19 bits per heavy atom. The van der Waals surface area contributed by atoms with Crippen LogP contribution < -0.4 is 19.5 Å². The van der Waals surface area contributed by atoms with Crippen molar-refractivity contribution >= 4 is 0 Å². The monoisotopic (exact) mass is 373 g/mol. The molecule has 0 bridgehead atoms. The summed E-state index contributed by atoms with van der Waals surface area (Å²) in [5.74, 6) is 1.83. The van der Waals surface area contributed by atoms with E-state index in [9.17, 15) is 4.39 Å². The molecule has 2 aromatic carbocycles. The Bertz CT molecular complexity index is 733. The molecule has 1 atom stereocenters. The van der Waals surface area contributed by atoms with E-state index in [-0.39, 0.29) is 11.9 Å². The zero-order valence-electron chi connectivity index (χ0n) is 16.1. The second-order valence-corrected chi connectivity index (χ2v) is 6.91. The maximum atomic E-state index is 13.8. The van der Waals surface area contributed by atoms with Crippen molar-refractivity contribution in [2.45, 2.75) is 38.7 Å². The van der Waals surface area contributed by atoms with E-state index in [4.69, 9.17) is 14.2 Å². The average molecular weight is 373 g/mol. The molecule has 1 aliphatic heterocycles. The van der Waals surface area contributed by atoms with Crippen LogP contribution in [0.2, 0.25) is 0 Å². The first-order valence-corrected chi connectivity index (χ1v) is 9.61. The van der Waals surface area contributed by atoms with Crippen molar-refractivity contribution in [3.05, 3.63) is 53.3 Å². The summed E-state index contributed by atoms with van der Waals surface area (Å²) >= 11 is 0. The van der Waals surface area contributed by atoms with Crippen LogP contribution in [-0.4, -0.2) is 32.9 Å². The van der Waals surface area contributed by atoms with Crippen molar-refractivity contribution in [2.75, 3.05) is 26.8 Å². The fourth-order valence-electron chi connectivity index (χ4n) is 3.24. The van der Waals surface area contributed by atoms with Gasteiger partial charge >= 0.3 is 0 Å². The third kappa shape index (κ3) is 5.60. The third-order valence-corrected chi connectivity index (χ3v) is 4.75. The first-order valence-electron chi connectivity index (χ1n) is 9.61. The van der Waals surface area contributed by atoms with E-state index in [0.29, 0.717) is 24.7 Å². The molecule has 0 aliphatic carbocycles. The van der Waals surface area contributed by atoms with Gasteiger partial charge in [0.05, 0.1) is 13.2 Å². The van der Waals surface area contributed by atoms with Crippen molar-refractivity contribution in [2.24, 2.45) is 0 Å². The fraction of sp³-hybridized carbons (Fsp3) is 0.455. The normalized spacial score (nSPS) is 15.7. The lowest BCUT2D eigenvalue weighted by atomic mass is 10.0. The van der Waals surface area contributed by atoms with Gasteiger partial charge in [-0.05, 0) is 62.9 Å². The van der Waals surface area contributed by atoms with Crippen molar-refractivity contribution in [1.82, 2.24) is 5.32 Å². The molecule has 5 heteroatoms. The largest absolute Gasteiger partial charge is 0.497 e. The van der Waals surface area contributed by atoms with Gasteiger partial charge in [-0.15, -0.1) is 0 Å². The number of hydrogen-bond acceptors (Lipinski definition) is 4. The van der Waals surface area contributed by atoms with Crippen LogP contribution in [0.5, 0.6) is 17.2 Å². The number of aryl methyl sites for hydroxylation is 2. The molecule has 1 unspecified atom stereocenters. The molecule has 0 saturated heterocycles. The molecule has 1 aliphatic rings. The van der Waals surface area contributed by atoms with Crippen LogP contribution in [0.25, 0.3) is 0 Å². The molecule has 146 valence electrons. The van der Waals surface area contributed by atoms with Crippen LogP contribution >= 0.6 is 0 Å². The summed E-state index contributed by atoms with van der Waals surface area (Å²) < 4.78 is 30.6. The predicted octanol–water partition coefficient (Wildman–Crippen LogP) is 4.15. The van der Waals surface area contributed by atoms with Gasteiger partial charge in [0.25, 0.3) is 0 Å². The molecule has 4 nitrogen and oxygen atoms in total. The quantitative estimate of drug-likeness (QED) is 0.671. The van der Waals surface area contributed by atoms with Crippen LogP contribution in [0.3, 0.4) is 0 Å². The second kappa shape index (κ2) is 9.60. The van der Waals surface area contributed by atoms with E-state index in [1.54, 1.807) is 13.2 Å². The first-order chi connectivity index (χ1) is 13.2. The molecule has 0 amide bonds. The summed E-state index contributed by atoms with van der Waals surface area (Å²) in [5.41, 5.74) is 2.20. The number of rotatable bonds is 9. The smallest absolute Gasteiger partial charge is 0.164 e. The van der Waals surface area contributed by atoms with Gasteiger partial charge in [0, 0.05) is 18.2 Å². The van der Waals surface area contributed by atoms with Crippen LogP contribution in [0.1, 0.15) is 30.9 Å². The lowest BCUT2D eigenvalue weighted by Gasteiger charge is -2.25. The van der Waals surface area contributed by atoms with E-state index < -0.39 is 0 Å². The first kappa shape index (κ1) is 19.5. The topological polar surface area (TPSA) is 39.7 Å². The second-order valence-electron chi connectivity index (χ2n) is 6.91. The lowest BCUT2D eigenvalue weighted by Crippen LogP contribution is -2.24. The van der Waals surface area contributed by atoms with E-state index >= 15 is 0 Å². The molecule has 3 rings (SSSR count). The molecule has 0 radical (unpaired) electrons. The summed E-state index contributed by atoms with van der Waals surface area (Å²) in [6, 6.07) is 11.1. The molecule has 0 spiro atoms. The Morgan fingerprint density at radius 3 is 2.78 bits per heavy atom. The maximum Gasteiger partial charge on any atom is 0.164 e. The highest BCUT2D eigenvalue weighted by Crippen LogP contribution is 2.37. The van der Waals surface area contributed by atoms with Crippen molar-refractivity contribution in [3.8, 4) is 17.2 Å². The molecule has 0 saturated carbocycles. The Kier molecular flexibility index (Phi) is 6.93. The standard InChI is InChI=1S/C22H28FNO3/c1-16-5-8-18-14-19(23)15-21(22(18)27-16)26-13-12-24-11-3-4-17-6-9-20(25-2)10-7-17/h6-7,9-10,14-16,24H,3-5,8,11-13H2,1-2H3. The maximum absolute atomic E-state index is 13.8. The summed E-state index contributed by atoms with van der Waals surface area (Å²) in [4.78, 5) is 0. The molecular formula is C22H28FNO3. The SMILES string of the molecule is COc1ccc(CCCNCCOc2cc(F)cc3c2OC(C)CC3)cc1. The van der Waals surface area contributed by atoms with E-state index in [1.165, 1.54) is 11.6 Å². The van der Waals surface area contributed by atoms with Gasteiger partial charge in [-0.25, -0.2) is 4.39 Å². The highest BCUT2D eigenvalue weighted by Gasteiger charge is 2.21. The number of ether oxygens (including phenoxy) is 3. The van der Waals surface area contributed by atoms with E-state index in [1.807, 2.05) is 19.1 Å². The summed E-state index contributed by atoms with van der Waals surface area (Å²) in [6.07, 6.45) is 3.93. The number of methoxy groups -OCH3 is 1. The Balaban J connectivity index is 1.37. The van der Waals surface area contributed by atoms with E-state index in [2.05, 4.69) is 17.4 Å². The summed E-state index contributed by atoms with van der Waals surface area (Å²) in [6.45, 7) is 4.13. The molecule has 1 heterocycles. The number of fused-ring (bicyclic) bond motifs is 1. The van der Waals surface area contributed by atoms with Crippen molar-refractivity contribution < 1.29 is 18.6 Å². The third-order valence-electron chi connectivity index (χ3n) is 4.75. The van der Waals surface area contributed by atoms with Crippen LogP contribution in [0.15, 0.2) is 36.4 Å². The number of hydrogen-bond donors (Lipinski definition) is 1. The Morgan fingerprint density at radius 2 is 2.00 bits per heavy atom. The van der Waals surface area contributed by atoms with Gasteiger partial charge in [-0.1, -0.05) is 12.1 Å². The Labute approximate surface area is 160 Å². The van der Waals surface area contributed by atoms with Crippen molar-refractivity contribution in [3.63, 3.8) is 0 Å². The van der Waals surface area contributed by atoms with Crippen molar-refractivity contribution in [1.29, 1.82) is 0 Å². The molecule has 27 heavy (non-hydrogen) atoms. The van der Waals surface area contributed by atoms with E-state index in [0.717, 1.165) is 43.5 Å². The summed E-state index contributed by atoms with van der Waals surface area (Å²) in [7, 11) is 1.67. The highest BCUT2D eigenvalue weighted by molar-refractivity contribution is 5.48. The zero-order chi connectivity index (χ0) is 19.1. The minimum absolute atomic E-state index is 0.140. The number of nitrogens with one attached hydrogen (secondary N) is 1. The van der Waals surface area contributed by atoms with Gasteiger partial charge in [-0.3, -0.25) is 0 Å². The molecule has 2 aromatic rings. The van der Waals surface area contributed by atoms with Crippen LogP contribution in [-0.2, 0) is 12.8 Å². The van der Waals surface area contributed by atoms with Gasteiger partial charge in [0.2, 0.25) is 0 Å². The van der Waals surface area contributed by atoms with Gasteiger partial charge < -0.3 is 19.5 Å². The molecule has 1 N–H and O–H groups in total. The lowest BCUT2D eigenvalue weighted by molar-refractivity contribution is 0.178. The molecular weight excluding hydrogens is 345 g/mol. The minimum Gasteiger partial charge on any atom is -0.497 e. The zero-order valence-corrected chi connectivity index (χ0v) is 16.1. The van der Waals surface area contributed by atoms with Gasteiger partial charge in [-0.2, -0.15) is 0 Å².